The average Bonchev–Trinajstić information content (AvgIpc) is 3.76. The molecule has 1 fully saturated rings. The second-order valence-electron chi connectivity index (χ2n) is 11.4. The number of carbonyl (C=O) groups excluding carboxylic acids is 3. The Balaban J connectivity index is 1.25. The molecule has 0 bridgehead atoms. The van der Waals surface area contributed by atoms with E-state index in [4.69, 9.17) is 10.5 Å². The van der Waals surface area contributed by atoms with Gasteiger partial charge < -0.3 is 30.8 Å². The van der Waals surface area contributed by atoms with E-state index >= 15 is 0 Å². The maximum absolute atomic E-state index is 13.2. The highest BCUT2D eigenvalue weighted by molar-refractivity contribution is 6.35. The van der Waals surface area contributed by atoms with Crippen molar-refractivity contribution in [1.82, 2.24) is 9.47 Å². The van der Waals surface area contributed by atoms with Crippen LogP contribution in [0.4, 0.5) is 11.4 Å². The van der Waals surface area contributed by atoms with Crippen LogP contribution < -0.4 is 21.1 Å². The fourth-order valence-electron chi connectivity index (χ4n) is 5.90. The van der Waals surface area contributed by atoms with Gasteiger partial charge in [-0.05, 0) is 68.3 Å². The Hall–Kier alpha value is -5.68. The van der Waals surface area contributed by atoms with Gasteiger partial charge in [0.2, 0.25) is 5.91 Å². The molecule has 3 heterocycles. The van der Waals surface area contributed by atoms with E-state index in [1.165, 1.54) is 12.3 Å². The fraction of sp³-hybridized carbons (Fsp3) is 0.200. The van der Waals surface area contributed by atoms with Crippen molar-refractivity contribution < 1.29 is 29.0 Å². The highest BCUT2D eigenvalue weighted by Gasteiger charge is 2.29. The van der Waals surface area contributed by atoms with E-state index < -0.39 is 18.0 Å². The zero-order chi connectivity index (χ0) is 32.4. The summed E-state index contributed by atoms with van der Waals surface area (Å²) < 4.78 is 7.80. The van der Waals surface area contributed by atoms with E-state index in [1.807, 2.05) is 25.1 Å². The van der Waals surface area contributed by atoms with Crippen LogP contribution in [0, 0.1) is 6.92 Å². The van der Waals surface area contributed by atoms with Crippen LogP contribution in [0.3, 0.4) is 0 Å². The minimum Gasteiger partial charge on any atom is -0.478 e. The lowest BCUT2D eigenvalue weighted by Crippen LogP contribution is -2.34. The molecule has 1 aromatic heterocycles. The molecule has 234 valence electrons. The van der Waals surface area contributed by atoms with Gasteiger partial charge in [-0.2, -0.15) is 0 Å². The first-order valence-corrected chi connectivity index (χ1v) is 15.0. The lowest BCUT2D eigenvalue weighted by Gasteiger charge is -2.29. The van der Waals surface area contributed by atoms with Crippen LogP contribution >= 0.6 is 0 Å². The zero-order valence-electron chi connectivity index (χ0n) is 25.2. The number of fused-ring (bicyclic) bond motifs is 1. The third-order valence-electron chi connectivity index (χ3n) is 8.07. The summed E-state index contributed by atoms with van der Waals surface area (Å²) in [5.74, 6) is -1.25. The van der Waals surface area contributed by atoms with Gasteiger partial charge >= 0.3 is 5.97 Å². The van der Waals surface area contributed by atoms with E-state index in [9.17, 15) is 24.3 Å². The number of hydrogen-bond donors (Lipinski definition) is 4. The van der Waals surface area contributed by atoms with Crippen molar-refractivity contribution in [3.8, 4) is 11.5 Å². The summed E-state index contributed by atoms with van der Waals surface area (Å²) >= 11 is 0. The molecule has 4 aromatic rings. The Kier molecular flexibility index (Phi) is 8.41. The first kappa shape index (κ1) is 30.4. The number of aromatic carboxylic acids is 1. The number of ether oxygens (including phenoxy) is 1. The Bertz CT molecular complexity index is 1890. The summed E-state index contributed by atoms with van der Waals surface area (Å²) in [7, 11) is 0. The number of nitrogens with two attached hydrogens (primary N) is 1. The van der Waals surface area contributed by atoms with Crippen LogP contribution in [-0.4, -0.2) is 51.4 Å². The molecule has 2 aliphatic rings. The van der Waals surface area contributed by atoms with Crippen molar-refractivity contribution >= 4 is 46.7 Å². The second kappa shape index (κ2) is 12.7. The van der Waals surface area contributed by atoms with E-state index in [0.717, 1.165) is 31.5 Å². The predicted octanol–water partition coefficient (Wildman–Crippen LogP) is 5.50. The SMILES string of the molecule is Cc1cccc(C(=O)Nc2cccc(Oc3ccc4c(c3)NC(=O)C4=Cc3cc(C(=O)O)cn3C(CC(N)=O)N3CCCC3)c2)c1. The van der Waals surface area contributed by atoms with Crippen LogP contribution in [0.15, 0.2) is 79.0 Å². The molecular weight excluding hydrogens is 586 g/mol. The Morgan fingerprint density at radius 3 is 2.50 bits per heavy atom. The third-order valence-corrected chi connectivity index (χ3v) is 8.07. The van der Waals surface area contributed by atoms with Crippen molar-refractivity contribution in [3.63, 3.8) is 0 Å². The summed E-state index contributed by atoms with van der Waals surface area (Å²) in [6.45, 7) is 3.43. The molecule has 3 amide bonds. The maximum atomic E-state index is 13.2. The van der Waals surface area contributed by atoms with E-state index in [1.54, 1.807) is 59.2 Å². The standard InChI is InChI=1S/C35H33N5O6/c1-21-6-4-7-22(14-21)33(42)37-24-8-5-9-26(16-24)46-27-10-11-28-29(34(43)38-30(28)18-27)17-25-15-23(35(44)45)20-40(25)32(19-31(36)41)39-12-2-3-13-39/h4-11,14-18,20,32H,2-3,12-13,19H2,1H3,(H2,36,41)(H,37,42)(H,38,43)(H,44,45). The lowest BCUT2D eigenvalue weighted by atomic mass is 10.1. The molecule has 0 saturated carbocycles. The van der Waals surface area contributed by atoms with Crippen LogP contribution in [0.5, 0.6) is 11.5 Å². The van der Waals surface area contributed by atoms with Gasteiger partial charge in [-0.15, -0.1) is 0 Å². The summed E-state index contributed by atoms with van der Waals surface area (Å²) in [4.78, 5) is 51.9. The number of primary amides is 1. The first-order chi connectivity index (χ1) is 22.1. The predicted molar refractivity (Wildman–Crippen MR) is 174 cm³/mol. The Morgan fingerprint density at radius 1 is 1.00 bits per heavy atom. The van der Waals surface area contributed by atoms with Gasteiger partial charge in [0.05, 0.1) is 29.4 Å². The summed E-state index contributed by atoms with van der Waals surface area (Å²) in [6.07, 6.45) is 4.58. The van der Waals surface area contributed by atoms with E-state index in [2.05, 4.69) is 15.5 Å². The van der Waals surface area contributed by atoms with Gasteiger partial charge in [0.1, 0.15) is 11.5 Å². The number of carboxylic acids is 1. The van der Waals surface area contributed by atoms with Gasteiger partial charge in [0, 0.05) is 53.9 Å². The number of carbonyl (C=O) groups is 4. The smallest absolute Gasteiger partial charge is 0.337 e. The van der Waals surface area contributed by atoms with Crippen molar-refractivity contribution in [1.29, 1.82) is 0 Å². The molecule has 1 unspecified atom stereocenters. The highest BCUT2D eigenvalue weighted by Crippen LogP contribution is 2.38. The summed E-state index contributed by atoms with van der Waals surface area (Å²) in [6, 6.07) is 21.0. The third kappa shape index (κ3) is 6.54. The molecule has 0 radical (unpaired) electrons. The highest BCUT2D eigenvalue weighted by atomic mass is 16.5. The minimum absolute atomic E-state index is 0.00417. The second-order valence-corrected chi connectivity index (χ2v) is 11.4. The van der Waals surface area contributed by atoms with Gasteiger partial charge in [-0.25, -0.2) is 4.79 Å². The quantitative estimate of drug-likeness (QED) is 0.171. The van der Waals surface area contributed by atoms with Gasteiger partial charge in [-0.3, -0.25) is 19.3 Å². The van der Waals surface area contributed by atoms with Gasteiger partial charge in [-0.1, -0.05) is 23.8 Å². The number of likely N-dealkylation sites (tertiary alicyclic amines) is 1. The number of aryl methyl sites for hydroxylation is 1. The topological polar surface area (TPSA) is 156 Å². The molecule has 0 aliphatic carbocycles. The molecule has 0 spiro atoms. The number of rotatable bonds is 10. The van der Waals surface area contributed by atoms with Crippen molar-refractivity contribution in [2.75, 3.05) is 23.7 Å². The Morgan fingerprint density at radius 2 is 1.76 bits per heavy atom. The Labute approximate surface area is 265 Å². The number of benzene rings is 3. The van der Waals surface area contributed by atoms with E-state index in [-0.39, 0.29) is 23.8 Å². The van der Waals surface area contributed by atoms with E-state index in [0.29, 0.717) is 45.3 Å². The largest absolute Gasteiger partial charge is 0.478 e. The molecule has 5 N–H and O–H groups in total. The molecule has 1 saturated heterocycles. The summed E-state index contributed by atoms with van der Waals surface area (Å²) in [5.41, 5.74) is 9.70. The number of nitrogens with one attached hydrogen (secondary N) is 2. The number of aromatic nitrogens is 1. The molecule has 1 atom stereocenters. The van der Waals surface area contributed by atoms with Crippen LogP contribution in [0.25, 0.3) is 11.6 Å². The van der Waals surface area contributed by atoms with Crippen LogP contribution in [0.1, 0.15) is 63.0 Å². The lowest BCUT2D eigenvalue weighted by molar-refractivity contribution is -0.120. The number of nitrogens with zero attached hydrogens (tertiary/aromatic N) is 2. The van der Waals surface area contributed by atoms with Crippen LogP contribution in [-0.2, 0) is 9.59 Å². The summed E-state index contributed by atoms with van der Waals surface area (Å²) in [5, 5.41) is 15.5. The van der Waals surface area contributed by atoms with Crippen molar-refractivity contribution in [2.45, 2.75) is 32.4 Å². The number of hydrogen-bond acceptors (Lipinski definition) is 6. The number of carboxylic acid groups (broad SMARTS) is 1. The zero-order valence-corrected chi connectivity index (χ0v) is 25.2. The molecule has 11 nitrogen and oxygen atoms in total. The minimum atomic E-state index is -1.12. The molecule has 46 heavy (non-hydrogen) atoms. The van der Waals surface area contributed by atoms with Crippen molar-refractivity contribution in [2.24, 2.45) is 5.73 Å². The van der Waals surface area contributed by atoms with Gasteiger partial charge in [0.15, 0.2) is 0 Å². The molecule has 3 aromatic carbocycles. The number of anilines is 2. The van der Waals surface area contributed by atoms with Crippen molar-refractivity contribution in [3.05, 3.63) is 107 Å². The molecular formula is C35H33N5O6. The average molecular weight is 620 g/mol. The fourth-order valence-corrected chi connectivity index (χ4v) is 5.90. The number of amides is 3. The molecule has 11 heteroatoms. The van der Waals surface area contributed by atoms with Gasteiger partial charge in [0.25, 0.3) is 11.8 Å². The molecule has 2 aliphatic heterocycles. The molecule has 6 rings (SSSR count). The monoisotopic (exact) mass is 619 g/mol. The normalized spacial score (nSPS) is 15.8. The van der Waals surface area contributed by atoms with Crippen LogP contribution in [0.2, 0.25) is 0 Å². The maximum Gasteiger partial charge on any atom is 0.337 e. The first-order valence-electron chi connectivity index (χ1n) is 15.0.